The maximum atomic E-state index is 15.0. The van der Waals surface area contributed by atoms with Crippen LogP contribution in [0.25, 0.3) is 0 Å². The molecule has 1 heterocycles. The predicted octanol–water partition coefficient (Wildman–Crippen LogP) is 3.05. The highest BCUT2D eigenvalue weighted by Gasteiger charge is 2.58. The molecule has 0 N–H and O–H groups in total. The van der Waals surface area contributed by atoms with Crippen LogP contribution in [0.3, 0.4) is 0 Å². The number of hydrogen-bond acceptors (Lipinski definition) is 1. The quantitative estimate of drug-likeness (QED) is 0.244. The Morgan fingerprint density at radius 2 is 0.939 bits per heavy atom. The summed E-state index contributed by atoms with van der Waals surface area (Å²) in [5, 5.41) is 0. The Kier molecular flexibility index (Phi) is 5.17. The standard InChI is InChI=1S/C20H8BF10NO/c1-33-32-6-7-4-2-3-5-8(7)21(32,9-11(22)15(26)19(30)16(27)12(9)23)10-13(24)17(28)20(31)18(29)14(10)25/h2-6H,1H3. The highest BCUT2D eigenvalue weighted by molar-refractivity contribution is 7.07. The molecule has 3 aromatic carbocycles. The summed E-state index contributed by atoms with van der Waals surface area (Å²) in [4.78, 5) is 4.92. The van der Waals surface area contributed by atoms with E-state index in [0.717, 1.165) is 19.4 Å². The van der Waals surface area contributed by atoms with Crippen molar-refractivity contribution in [2.24, 2.45) is 0 Å². The molecule has 0 aliphatic carbocycles. The van der Waals surface area contributed by atoms with Gasteiger partial charge in [-0.15, -0.1) is 5.46 Å². The average molecular weight is 479 g/mol. The lowest BCUT2D eigenvalue weighted by Gasteiger charge is -2.34. The molecule has 1 aliphatic rings. The fourth-order valence-electron chi connectivity index (χ4n) is 4.29. The first-order chi connectivity index (χ1) is 15.5. The molecule has 0 unspecified atom stereocenters. The largest absolute Gasteiger partial charge is 0.418 e. The molecule has 0 amide bonds. The van der Waals surface area contributed by atoms with Crippen molar-refractivity contribution in [3.8, 4) is 0 Å². The molecule has 0 saturated carbocycles. The first kappa shape index (κ1) is 22.7. The van der Waals surface area contributed by atoms with Crippen molar-refractivity contribution in [1.82, 2.24) is 0 Å². The van der Waals surface area contributed by atoms with Crippen LogP contribution in [0, 0.1) is 58.2 Å². The van der Waals surface area contributed by atoms with Crippen LogP contribution in [0.1, 0.15) is 5.56 Å². The first-order valence-electron chi connectivity index (χ1n) is 8.98. The van der Waals surface area contributed by atoms with E-state index in [1.165, 1.54) is 18.2 Å². The summed E-state index contributed by atoms with van der Waals surface area (Å²) < 4.78 is 145. The minimum absolute atomic E-state index is 0.104. The van der Waals surface area contributed by atoms with Crippen molar-refractivity contribution in [3.63, 3.8) is 0 Å². The van der Waals surface area contributed by atoms with Gasteiger partial charge >= 0.3 is 6.28 Å². The highest BCUT2D eigenvalue weighted by atomic mass is 19.2. The summed E-state index contributed by atoms with van der Waals surface area (Å²) in [6.45, 7) is 0. The summed E-state index contributed by atoms with van der Waals surface area (Å²) >= 11 is 0. The molecule has 0 aromatic heterocycles. The number of benzene rings is 3. The minimum Gasteiger partial charge on any atom is -0.335 e. The van der Waals surface area contributed by atoms with Gasteiger partial charge in [-0.3, -0.25) is 0 Å². The van der Waals surface area contributed by atoms with E-state index in [9.17, 15) is 26.3 Å². The maximum Gasteiger partial charge on any atom is 0.418 e. The topological polar surface area (TPSA) is 12.2 Å². The normalized spacial score (nSPS) is 14.3. The Bertz CT molecular complexity index is 1250. The van der Waals surface area contributed by atoms with Crippen molar-refractivity contribution in [3.05, 3.63) is 88.0 Å². The number of halogens is 10. The van der Waals surface area contributed by atoms with Crippen molar-refractivity contribution in [2.45, 2.75) is 0 Å². The van der Waals surface area contributed by atoms with Crippen molar-refractivity contribution in [1.29, 1.82) is 0 Å². The van der Waals surface area contributed by atoms with E-state index in [0.29, 0.717) is 4.65 Å². The fourth-order valence-corrected chi connectivity index (χ4v) is 4.29. The zero-order chi connectivity index (χ0) is 24.4. The molecule has 0 fully saturated rings. The molecule has 0 radical (unpaired) electrons. The van der Waals surface area contributed by atoms with Crippen LogP contribution in [-0.2, 0) is 4.84 Å². The van der Waals surface area contributed by atoms with E-state index in [2.05, 4.69) is 0 Å². The van der Waals surface area contributed by atoms with Gasteiger partial charge in [-0.1, -0.05) is 24.3 Å². The third-order valence-corrected chi connectivity index (χ3v) is 5.63. The molecule has 3 aromatic rings. The van der Waals surface area contributed by atoms with Gasteiger partial charge in [-0.25, -0.2) is 48.6 Å². The molecular weight excluding hydrogens is 471 g/mol. The fraction of sp³-hybridized carbons (Fsp3) is 0.0500. The molecule has 33 heavy (non-hydrogen) atoms. The van der Waals surface area contributed by atoms with Gasteiger partial charge in [0.05, 0.1) is 0 Å². The lowest BCUT2D eigenvalue weighted by molar-refractivity contribution is -0.681. The van der Waals surface area contributed by atoms with E-state index in [1.807, 2.05) is 0 Å². The van der Waals surface area contributed by atoms with E-state index in [4.69, 9.17) is 4.84 Å². The van der Waals surface area contributed by atoms with Gasteiger partial charge in [-0.05, 0) is 10.9 Å². The Morgan fingerprint density at radius 3 is 1.33 bits per heavy atom. The van der Waals surface area contributed by atoms with Crippen LogP contribution in [0.5, 0.6) is 0 Å². The molecule has 2 nitrogen and oxygen atoms in total. The third kappa shape index (κ3) is 2.74. The molecule has 13 heteroatoms. The zero-order valence-electron chi connectivity index (χ0n) is 16.1. The molecule has 172 valence electrons. The lowest BCUT2D eigenvalue weighted by Crippen LogP contribution is -2.76. The Labute approximate surface area is 178 Å². The maximum absolute atomic E-state index is 15.0. The molecule has 4 rings (SSSR count). The zero-order valence-corrected chi connectivity index (χ0v) is 16.1. The van der Waals surface area contributed by atoms with Crippen LogP contribution < -0.4 is 16.4 Å². The minimum atomic E-state index is -4.33. The number of nitrogens with zero attached hydrogens (tertiary/aromatic N) is 1. The van der Waals surface area contributed by atoms with E-state index in [-0.39, 0.29) is 5.56 Å². The van der Waals surface area contributed by atoms with E-state index < -0.39 is 80.8 Å². The van der Waals surface area contributed by atoms with Gasteiger partial charge in [0.15, 0.2) is 41.1 Å². The second kappa shape index (κ2) is 7.53. The first-order valence-corrected chi connectivity index (χ1v) is 8.98. The molecule has 1 aliphatic heterocycles. The van der Waals surface area contributed by atoms with Gasteiger partial charge in [0, 0.05) is 5.56 Å². The Hall–Kier alpha value is -3.51. The monoisotopic (exact) mass is 479 g/mol. The van der Waals surface area contributed by atoms with Gasteiger partial charge < -0.3 is 4.84 Å². The van der Waals surface area contributed by atoms with Crippen LogP contribution >= 0.6 is 0 Å². The van der Waals surface area contributed by atoms with Gasteiger partial charge in [-0.2, -0.15) is 0 Å². The summed E-state index contributed by atoms with van der Waals surface area (Å²) in [6.07, 6.45) is -3.46. The molecule has 0 saturated heterocycles. The highest BCUT2D eigenvalue weighted by Crippen LogP contribution is 2.27. The van der Waals surface area contributed by atoms with Gasteiger partial charge in [0.1, 0.15) is 30.4 Å². The van der Waals surface area contributed by atoms with Crippen LogP contribution in [0.15, 0.2) is 24.3 Å². The van der Waals surface area contributed by atoms with Crippen molar-refractivity contribution >= 4 is 28.9 Å². The average Bonchev–Trinajstić information content (AvgIpc) is 3.13. The van der Waals surface area contributed by atoms with Crippen LogP contribution in [0.2, 0.25) is 0 Å². The van der Waals surface area contributed by atoms with E-state index >= 15 is 17.6 Å². The molecule has 0 spiro atoms. The number of rotatable bonds is 3. The second-order valence-electron chi connectivity index (χ2n) is 7.09. The molecular formula is C20H8BF10NO. The Balaban J connectivity index is 2.35. The van der Waals surface area contributed by atoms with Crippen LogP contribution in [-0.4, -0.2) is 24.3 Å². The SMILES string of the molecule is CO[N+]1=Cc2ccccc2[B-]1(c1c(F)c(F)c(F)c(F)c1F)c1c(F)c(F)c(F)c(F)c1F. The smallest absolute Gasteiger partial charge is 0.335 e. The number of hydrogen-bond donors (Lipinski definition) is 0. The summed E-state index contributed by atoms with van der Waals surface area (Å²) in [5.41, 5.74) is -4.33. The molecule has 0 bridgehead atoms. The van der Waals surface area contributed by atoms with E-state index in [1.54, 1.807) is 0 Å². The van der Waals surface area contributed by atoms with Crippen molar-refractivity contribution < 1.29 is 53.4 Å². The lowest BCUT2D eigenvalue weighted by atomic mass is 9.24. The van der Waals surface area contributed by atoms with Gasteiger partial charge in [0.25, 0.3) is 0 Å². The summed E-state index contributed by atoms with van der Waals surface area (Å²) in [6, 6.07) is 4.69. The summed E-state index contributed by atoms with van der Waals surface area (Å²) in [7, 11) is 0.803. The molecule has 0 atom stereocenters. The summed E-state index contributed by atoms with van der Waals surface area (Å²) in [5.74, 6) is -25.3. The number of fused-ring (bicyclic) bond motifs is 1. The van der Waals surface area contributed by atoms with Gasteiger partial charge in [0.2, 0.25) is 0 Å². The van der Waals surface area contributed by atoms with Crippen LogP contribution in [0.4, 0.5) is 43.9 Å². The predicted molar refractivity (Wildman–Crippen MR) is 96.0 cm³/mol. The van der Waals surface area contributed by atoms with Crippen molar-refractivity contribution in [2.75, 3.05) is 7.11 Å². The second-order valence-corrected chi connectivity index (χ2v) is 7.09. The third-order valence-electron chi connectivity index (χ3n) is 5.63. The Morgan fingerprint density at radius 1 is 0.576 bits per heavy atom.